The maximum atomic E-state index is 10.9. The molecule has 72 valence electrons. The van der Waals surface area contributed by atoms with E-state index in [4.69, 9.17) is 9.47 Å². The highest BCUT2D eigenvalue weighted by molar-refractivity contribution is 5.75. The van der Waals surface area contributed by atoms with E-state index < -0.39 is 5.79 Å². The molecule has 0 aliphatic carbocycles. The van der Waals surface area contributed by atoms with Crippen molar-refractivity contribution in [1.82, 2.24) is 5.32 Å². The Labute approximate surface area is 73.2 Å². The van der Waals surface area contributed by atoms with E-state index in [1.807, 2.05) is 0 Å². The van der Waals surface area contributed by atoms with Gasteiger partial charge in [0.2, 0.25) is 5.91 Å². The number of amides is 1. The second-order valence-electron chi connectivity index (χ2n) is 2.72. The molecule has 0 saturated carbocycles. The van der Waals surface area contributed by atoms with Crippen molar-refractivity contribution < 1.29 is 14.3 Å². The third kappa shape index (κ3) is 3.69. The first-order valence-corrected chi connectivity index (χ1v) is 3.89. The second kappa shape index (κ2) is 5.11. The summed E-state index contributed by atoms with van der Waals surface area (Å²) in [6, 6.07) is 0. The van der Waals surface area contributed by atoms with Gasteiger partial charge in [0.1, 0.15) is 0 Å². The van der Waals surface area contributed by atoms with Gasteiger partial charge in [-0.2, -0.15) is 0 Å². The van der Waals surface area contributed by atoms with Crippen LogP contribution in [0.25, 0.3) is 0 Å². The fraction of sp³-hybridized carbons (Fsp3) is 0.875. The molecule has 4 nitrogen and oxygen atoms in total. The van der Waals surface area contributed by atoms with Crippen LogP contribution >= 0.6 is 0 Å². The molecule has 4 heteroatoms. The third-order valence-electron chi connectivity index (χ3n) is 1.95. The van der Waals surface area contributed by atoms with Crippen LogP contribution in [0.3, 0.4) is 0 Å². The van der Waals surface area contributed by atoms with Gasteiger partial charge in [-0.05, 0) is 6.92 Å². The predicted octanol–water partition coefficient (Wildman–Crippen LogP) is 0.522. The van der Waals surface area contributed by atoms with E-state index in [-0.39, 0.29) is 5.91 Å². The molecule has 1 amide bonds. The molecule has 0 rings (SSSR count). The maximum Gasteiger partial charge on any atom is 0.219 e. The monoisotopic (exact) mass is 175 g/mol. The molecule has 0 fully saturated rings. The normalized spacial score (nSPS) is 11.3. The van der Waals surface area contributed by atoms with Crippen molar-refractivity contribution in [2.45, 2.75) is 25.6 Å². The van der Waals surface area contributed by atoms with E-state index in [0.29, 0.717) is 12.8 Å². The Morgan fingerprint density at radius 1 is 1.42 bits per heavy atom. The molecule has 0 aliphatic rings. The van der Waals surface area contributed by atoms with Crippen LogP contribution in [0.4, 0.5) is 0 Å². The number of rotatable bonds is 5. The Bertz CT molecular complexity index is 143. The third-order valence-corrected chi connectivity index (χ3v) is 1.95. The first kappa shape index (κ1) is 11.4. The van der Waals surface area contributed by atoms with E-state index in [1.165, 1.54) is 0 Å². The zero-order valence-corrected chi connectivity index (χ0v) is 8.14. The molecule has 0 heterocycles. The number of hydrogen-bond donors (Lipinski definition) is 1. The molecule has 0 spiro atoms. The maximum absolute atomic E-state index is 10.9. The van der Waals surface area contributed by atoms with Crippen LogP contribution in [0.1, 0.15) is 19.8 Å². The van der Waals surface area contributed by atoms with E-state index in [2.05, 4.69) is 5.32 Å². The summed E-state index contributed by atoms with van der Waals surface area (Å²) in [5.41, 5.74) is 0. The topological polar surface area (TPSA) is 47.6 Å². The van der Waals surface area contributed by atoms with Gasteiger partial charge in [-0.1, -0.05) is 0 Å². The van der Waals surface area contributed by atoms with Gasteiger partial charge in [0.25, 0.3) is 0 Å². The van der Waals surface area contributed by atoms with Crippen LogP contribution in [0.5, 0.6) is 0 Å². The van der Waals surface area contributed by atoms with E-state index in [9.17, 15) is 4.79 Å². The highest BCUT2D eigenvalue weighted by Gasteiger charge is 2.22. The summed E-state index contributed by atoms with van der Waals surface area (Å²) in [5.74, 6) is -0.651. The lowest BCUT2D eigenvalue weighted by molar-refractivity contribution is -0.198. The van der Waals surface area contributed by atoms with Crippen LogP contribution in [-0.2, 0) is 14.3 Å². The van der Waals surface area contributed by atoms with E-state index in [0.717, 1.165) is 0 Å². The molecule has 0 unspecified atom stereocenters. The summed E-state index contributed by atoms with van der Waals surface area (Å²) in [4.78, 5) is 10.9. The SMILES string of the molecule is CNC(=O)CCC(C)(OC)OC. The van der Waals surface area contributed by atoms with Crippen molar-refractivity contribution in [3.63, 3.8) is 0 Å². The van der Waals surface area contributed by atoms with Gasteiger partial charge in [0.15, 0.2) is 5.79 Å². The van der Waals surface area contributed by atoms with Crippen molar-refractivity contribution in [1.29, 1.82) is 0 Å². The van der Waals surface area contributed by atoms with Gasteiger partial charge in [0, 0.05) is 34.1 Å². The van der Waals surface area contributed by atoms with E-state index >= 15 is 0 Å². The Balaban J connectivity index is 3.80. The molecular weight excluding hydrogens is 158 g/mol. The van der Waals surface area contributed by atoms with Gasteiger partial charge >= 0.3 is 0 Å². The summed E-state index contributed by atoms with van der Waals surface area (Å²) < 4.78 is 10.2. The van der Waals surface area contributed by atoms with Gasteiger partial charge in [-0.15, -0.1) is 0 Å². The number of nitrogens with one attached hydrogen (secondary N) is 1. The Hall–Kier alpha value is -0.610. The summed E-state index contributed by atoms with van der Waals surface area (Å²) in [7, 11) is 4.74. The highest BCUT2D eigenvalue weighted by Crippen LogP contribution is 2.16. The number of methoxy groups -OCH3 is 2. The van der Waals surface area contributed by atoms with Crippen LogP contribution in [0, 0.1) is 0 Å². The molecular formula is C8H17NO3. The lowest BCUT2D eigenvalue weighted by Gasteiger charge is -2.25. The number of carbonyl (C=O) groups is 1. The quantitative estimate of drug-likeness (QED) is 0.620. The predicted molar refractivity (Wildman–Crippen MR) is 45.7 cm³/mol. The summed E-state index contributed by atoms with van der Waals surface area (Å²) >= 11 is 0. The average molecular weight is 175 g/mol. The molecule has 0 saturated heterocycles. The molecule has 0 aromatic heterocycles. The number of hydrogen-bond acceptors (Lipinski definition) is 3. The van der Waals surface area contributed by atoms with E-state index in [1.54, 1.807) is 28.2 Å². The first-order chi connectivity index (χ1) is 5.58. The smallest absolute Gasteiger partial charge is 0.219 e. The molecule has 1 N–H and O–H groups in total. The minimum absolute atomic E-state index is 0.00433. The van der Waals surface area contributed by atoms with Gasteiger partial charge in [-0.3, -0.25) is 4.79 Å². The highest BCUT2D eigenvalue weighted by atomic mass is 16.7. The average Bonchev–Trinajstić information content (AvgIpc) is 2.13. The molecule has 0 radical (unpaired) electrons. The zero-order valence-electron chi connectivity index (χ0n) is 8.14. The molecule has 0 aromatic carbocycles. The van der Waals surface area contributed by atoms with Crippen LogP contribution < -0.4 is 5.32 Å². The summed E-state index contributed by atoms with van der Waals surface area (Å²) in [6.45, 7) is 1.80. The van der Waals surface area contributed by atoms with Crippen molar-refractivity contribution >= 4 is 5.91 Å². The molecule has 12 heavy (non-hydrogen) atoms. The Morgan fingerprint density at radius 3 is 2.25 bits per heavy atom. The van der Waals surface area contributed by atoms with Gasteiger partial charge in [-0.25, -0.2) is 0 Å². The summed E-state index contributed by atoms with van der Waals surface area (Å²) in [5, 5.41) is 2.54. The lowest BCUT2D eigenvalue weighted by atomic mass is 10.1. The van der Waals surface area contributed by atoms with Crippen LogP contribution in [0.15, 0.2) is 0 Å². The van der Waals surface area contributed by atoms with Crippen molar-refractivity contribution in [3.8, 4) is 0 Å². The number of ether oxygens (including phenoxy) is 2. The second-order valence-corrected chi connectivity index (χ2v) is 2.72. The Kier molecular flexibility index (Phi) is 4.85. The minimum Gasteiger partial charge on any atom is -0.359 e. The number of carbonyl (C=O) groups excluding carboxylic acids is 1. The molecule has 0 atom stereocenters. The molecule has 0 bridgehead atoms. The standard InChI is InChI=1S/C8H17NO3/c1-8(11-3,12-4)6-5-7(10)9-2/h5-6H2,1-4H3,(H,9,10). The van der Waals surface area contributed by atoms with Crippen LogP contribution in [0.2, 0.25) is 0 Å². The van der Waals surface area contributed by atoms with Gasteiger partial charge < -0.3 is 14.8 Å². The largest absolute Gasteiger partial charge is 0.359 e. The van der Waals surface area contributed by atoms with Crippen molar-refractivity contribution in [2.75, 3.05) is 21.3 Å². The van der Waals surface area contributed by atoms with Crippen LogP contribution in [-0.4, -0.2) is 33.0 Å². The van der Waals surface area contributed by atoms with Crippen molar-refractivity contribution in [3.05, 3.63) is 0 Å². The first-order valence-electron chi connectivity index (χ1n) is 3.89. The zero-order chi connectivity index (χ0) is 9.61. The van der Waals surface area contributed by atoms with Gasteiger partial charge in [0.05, 0.1) is 0 Å². The summed E-state index contributed by atoms with van der Waals surface area (Å²) in [6.07, 6.45) is 0.967. The fourth-order valence-electron chi connectivity index (χ4n) is 0.753. The van der Waals surface area contributed by atoms with Crippen molar-refractivity contribution in [2.24, 2.45) is 0 Å². The fourth-order valence-corrected chi connectivity index (χ4v) is 0.753. The lowest BCUT2D eigenvalue weighted by Crippen LogP contribution is -2.31. The Morgan fingerprint density at radius 2 is 1.92 bits per heavy atom. The minimum atomic E-state index is -0.646. The molecule has 0 aromatic rings. The molecule has 0 aliphatic heterocycles.